The number of benzene rings is 1. The van der Waals surface area contributed by atoms with E-state index in [0.717, 1.165) is 29.4 Å². The van der Waals surface area contributed by atoms with Crippen LogP contribution in [0.4, 0.5) is 0 Å². The lowest BCUT2D eigenvalue weighted by Crippen LogP contribution is -2.11. The van der Waals surface area contributed by atoms with Gasteiger partial charge in [0.15, 0.2) is 5.16 Å². The van der Waals surface area contributed by atoms with E-state index in [9.17, 15) is 8.42 Å². The van der Waals surface area contributed by atoms with Gasteiger partial charge in [-0.15, -0.1) is 0 Å². The van der Waals surface area contributed by atoms with Gasteiger partial charge in [-0.05, 0) is 30.5 Å². The van der Waals surface area contributed by atoms with E-state index in [-0.39, 0.29) is 4.90 Å². The van der Waals surface area contributed by atoms with Crippen LogP contribution in [0.15, 0.2) is 28.3 Å². The van der Waals surface area contributed by atoms with Crippen molar-refractivity contribution in [2.24, 2.45) is 11.1 Å². The second kappa shape index (κ2) is 6.37. The molecule has 7 heteroatoms. The summed E-state index contributed by atoms with van der Waals surface area (Å²) in [6, 6.07) is 4.88. The molecule has 0 spiro atoms. The van der Waals surface area contributed by atoms with E-state index in [1.165, 1.54) is 0 Å². The van der Waals surface area contributed by atoms with Crippen molar-refractivity contribution in [3.05, 3.63) is 18.2 Å². The second-order valence-corrected chi connectivity index (χ2v) is 7.99. The Bertz CT molecular complexity index is 736. The zero-order chi connectivity index (χ0) is 15.6. The van der Waals surface area contributed by atoms with E-state index in [0.29, 0.717) is 11.4 Å². The van der Waals surface area contributed by atoms with Crippen molar-refractivity contribution in [3.8, 4) is 0 Å². The molecule has 0 atom stereocenters. The van der Waals surface area contributed by atoms with E-state index in [1.54, 1.807) is 30.0 Å². The highest BCUT2D eigenvalue weighted by atomic mass is 32.2. The molecule has 1 aromatic heterocycles. The van der Waals surface area contributed by atoms with Crippen LogP contribution in [0.3, 0.4) is 0 Å². The maximum Gasteiger partial charge on any atom is 0.238 e. The molecule has 0 aliphatic heterocycles. The summed E-state index contributed by atoms with van der Waals surface area (Å²) in [5.41, 5.74) is 1.64. The van der Waals surface area contributed by atoms with Crippen molar-refractivity contribution in [1.82, 2.24) is 9.55 Å². The van der Waals surface area contributed by atoms with E-state index >= 15 is 0 Å². The number of nitrogens with two attached hydrogens (primary N) is 1. The fourth-order valence-electron chi connectivity index (χ4n) is 2.06. The molecule has 1 aromatic carbocycles. The average Bonchev–Trinajstić information content (AvgIpc) is 2.73. The van der Waals surface area contributed by atoms with Crippen LogP contribution >= 0.6 is 11.8 Å². The van der Waals surface area contributed by atoms with Crippen LogP contribution in [-0.2, 0) is 16.6 Å². The molecule has 0 bridgehead atoms. The van der Waals surface area contributed by atoms with E-state index in [1.807, 2.05) is 0 Å². The Hall–Kier alpha value is -1.05. The molecule has 0 saturated heterocycles. The Morgan fingerprint density at radius 3 is 2.67 bits per heavy atom. The summed E-state index contributed by atoms with van der Waals surface area (Å²) in [5.74, 6) is 1.56. The molecule has 1 heterocycles. The number of rotatable bonds is 6. The van der Waals surface area contributed by atoms with Gasteiger partial charge in [0, 0.05) is 12.3 Å². The van der Waals surface area contributed by atoms with Gasteiger partial charge in [0.1, 0.15) is 0 Å². The van der Waals surface area contributed by atoms with Gasteiger partial charge in [-0.2, -0.15) is 0 Å². The van der Waals surface area contributed by atoms with Gasteiger partial charge >= 0.3 is 0 Å². The monoisotopic (exact) mass is 327 g/mol. The van der Waals surface area contributed by atoms with Crippen molar-refractivity contribution in [2.45, 2.75) is 43.8 Å². The molecule has 0 amide bonds. The first-order chi connectivity index (χ1) is 9.82. The first-order valence-corrected chi connectivity index (χ1v) is 9.52. The number of fused-ring (bicyclic) bond motifs is 1. The molecule has 116 valence electrons. The number of sulfonamides is 1. The summed E-state index contributed by atoms with van der Waals surface area (Å²) < 4.78 is 25.0. The quantitative estimate of drug-likeness (QED) is 0.828. The van der Waals surface area contributed by atoms with Gasteiger partial charge < -0.3 is 4.57 Å². The Labute approximate surface area is 130 Å². The highest BCUT2D eigenvalue weighted by Gasteiger charge is 2.15. The molecule has 0 aliphatic carbocycles. The van der Waals surface area contributed by atoms with Gasteiger partial charge in [-0.3, -0.25) is 0 Å². The van der Waals surface area contributed by atoms with Crippen molar-refractivity contribution in [2.75, 3.05) is 5.75 Å². The molecule has 0 aliphatic rings. The fourth-order valence-corrected chi connectivity index (χ4v) is 3.58. The Morgan fingerprint density at radius 2 is 2.10 bits per heavy atom. The molecule has 2 rings (SSSR count). The molecule has 0 fully saturated rings. The highest BCUT2D eigenvalue weighted by molar-refractivity contribution is 7.99. The van der Waals surface area contributed by atoms with Gasteiger partial charge in [0.25, 0.3) is 0 Å². The predicted octanol–water partition coefficient (Wildman–Crippen LogP) is 2.84. The van der Waals surface area contributed by atoms with Crippen LogP contribution in [0.2, 0.25) is 0 Å². The first-order valence-electron chi connectivity index (χ1n) is 6.98. The molecule has 21 heavy (non-hydrogen) atoms. The number of thioether (sulfide) groups is 1. The number of aromatic nitrogens is 2. The lowest BCUT2D eigenvalue weighted by molar-refractivity contribution is 0.598. The van der Waals surface area contributed by atoms with Crippen molar-refractivity contribution in [1.29, 1.82) is 0 Å². The fraction of sp³-hybridized carbons (Fsp3) is 0.500. The summed E-state index contributed by atoms with van der Waals surface area (Å²) in [7, 11) is -3.69. The first kappa shape index (κ1) is 16.3. The number of aryl methyl sites for hydroxylation is 1. The largest absolute Gasteiger partial charge is 0.319 e. The minimum Gasteiger partial charge on any atom is -0.319 e. The van der Waals surface area contributed by atoms with Crippen molar-refractivity contribution >= 4 is 32.8 Å². The van der Waals surface area contributed by atoms with Crippen LogP contribution in [0.1, 0.15) is 27.2 Å². The minimum absolute atomic E-state index is 0.108. The lowest BCUT2D eigenvalue weighted by Gasteiger charge is -2.08. The van der Waals surface area contributed by atoms with Crippen LogP contribution in [0.25, 0.3) is 11.0 Å². The van der Waals surface area contributed by atoms with Crippen LogP contribution in [0, 0.1) is 5.92 Å². The summed E-state index contributed by atoms with van der Waals surface area (Å²) in [6.45, 7) is 7.31. The van der Waals surface area contributed by atoms with E-state index < -0.39 is 10.0 Å². The molecule has 2 aromatic rings. The Morgan fingerprint density at radius 1 is 1.38 bits per heavy atom. The third kappa shape index (κ3) is 3.78. The van der Waals surface area contributed by atoms with Crippen molar-refractivity contribution < 1.29 is 8.42 Å². The summed E-state index contributed by atoms with van der Waals surface area (Å²) >= 11 is 1.71. The molecule has 2 N–H and O–H groups in total. The smallest absolute Gasteiger partial charge is 0.238 e. The molecule has 0 saturated carbocycles. The third-order valence-corrected chi connectivity index (χ3v) is 5.32. The number of hydrogen-bond acceptors (Lipinski definition) is 4. The third-order valence-electron chi connectivity index (χ3n) is 3.01. The van der Waals surface area contributed by atoms with Gasteiger partial charge in [-0.25, -0.2) is 18.5 Å². The maximum absolute atomic E-state index is 11.4. The van der Waals surface area contributed by atoms with Crippen molar-refractivity contribution in [3.63, 3.8) is 0 Å². The molecule has 5 nitrogen and oxygen atoms in total. The molecular formula is C14H21N3O2S2. The van der Waals surface area contributed by atoms with E-state index in [2.05, 4.69) is 30.3 Å². The van der Waals surface area contributed by atoms with Crippen LogP contribution in [0.5, 0.6) is 0 Å². The lowest BCUT2D eigenvalue weighted by atomic mass is 10.3. The molecular weight excluding hydrogens is 306 g/mol. The number of hydrogen-bond donors (Lipinski definition) is 1. The highest BCUT2D eigenvalue weighted by Crippen LogP contribution is 2.27. The van der Waals surface area contributed by atoms with E-state index in [4.69, 9.17) is 5.14 Å². The standard InChI is InChI=1S/C14H21N3O2S2/c1-4-7-17-13-6-5-11(21(15,18)19)8-12(13)16-14(17)20-9-10(2)3/h5-6,8,10H,4,7,9H2,1-3H3,(H2,15,18,19). The summed E-state index contributed by atoms with van der Waals surface area (Å²) in [6.07, 6.45) is 0.998. The number of nitrogens with zero attached hydrogens (tertiary/aromatic N) is 2. The zero-order valence-corrected chi connectivity index (χ0v) is 14.2. The minimum atomic E-state index is -3.69. The normalized spacial score (nSPS) is 12.4. The topological polar surface area (TPSA) is 78.0 Å². The number of imidazole rings is 1. The average molecular weight is 327 g/mol. The molecule has 0 radical (unpaired) electrons. The molecule has 0 unspecified atom stereocenters. The van der Waals surface area contributed by atoms with Gasteiger partial charge in [0.2, 0.25) is 10.0 Å². The van der Waals surface area contributed by atoms with Crippen LogP contribution < -0.4 is 5.14 Å². The van der Waals surface area contributed by atoms with Gasteiger partial charge in [-0.1, -0.05) is 32.5 Å². The zero-order valence-electron chi connectivity index (χ0n) is 12.5. The van der Waals surface area contributed by atoms with Gasteiger partial charge in [0.05, 0.1) is 15.9 Å². The SMILES string of the molecule is CCCn1c(SCC(C)C)nc2cc(S(N)(=O)=O)ccc21. The Kier molecular flexibility index (Phi) is 4.95. The van der Waals surface area contributed by atoms with Crippen LogP contribution in [-0.4, -0.2) is 23.7 Å². The summed E-state index contributed by atoms with van der Waals surface area (Å²) in [5, 5.41) is 6.12. The Balaban J connectivity index is 2.50. The number of primary sulfonamides is 1. The summed E-state index contributed by atoms with van der Waals surface area (Å²) in [4.78, 5) is 4.69. The maximum atomic E-state index is 11.4. The second-order valence-electron chi connectivity index (χ2n) is 5.45. The predicted molar refractivity (Wildman–Crippen MR) is 87.0 cm³/mol.